The van der Waals surface area contributed by atoms with Crippen LogP contribution in [0, 0.1) is 0 Å². The van der Waals surface area contributed by atoms with Crippen molar-refractivity contribution in [3.8, 4) is 11.5 Å². The first kappa shape index (κ1) is 23.5. The molecule has 0 radical (unpaired) electrons. The molecule has 1 heterocycles. The molecule has 27 heavy (non-hydrogen) atoms. The number of nitrogens with zero attached hydrogens (tertiary/aromatic N) is 2. The number of ether oxygens (including phenoxy) is 2. The van der Waals surface area contributed by atoms with Crippen LogP contribution in [0.3, 0.4) is 0 Å². The molecule has 0 spiro atoms. The standard InChI is InChI=1S/C19H28N4O2S.HI/c1-7-25-16-10-13(8-9-15(16)24-6)23-18(20-5)21-11-14-12-26-17(22-14)19(2,3)4;/h8-10,12H,7,11H2,1-6H3,(H2,20,21,23);1H. The van der Waals surface area contributed by atoms with E-state index < -0.39 is 0 Å². The lowest BCUT2D eigenvalue weighted by Gasteiger charge is -2.15. The molecule has 0 unspecified atom stereocenters. The molecule has 0 bridgehead atoms. The zero-order chi connectivity index (χ0) is 19.2. The summed E-state index contributed by atoms with van der Waals surface area (Å²) in [6.07, 6.45) is 0. The van der Waals surface area contributed by atoms with Gasteiger partial charge < -0.3 is 20.1 Å². The minimum atomic E-state index is 0. The van der Waals surface area contributed by atoms with E-state index in [4.69, 9.17) is 14.5 Å². The summed E-state index contributed by atoms with van der Waals surface area (Å²) in [5, 5.41) is 9.77. The van der Waals surface area contributed by atoms with E-state index in [0.29, 0.717) is 30.6 Å². The number of hydrogen-bond donors (Lipinski definition) is 2. The van der Waals surface area contributed by atoms with Crippen LogP contribution < -0.4 is 20.1 Å². The van der Waals surface area contributed by atoms with Crippen molar-refractivity contribution in [2.45, 2.75) is 39.7 Å². The summed E-state index contributed by atoms with van der Waals surface area (Å²) in [7, 11) is 3.37. The van der Waals surface area contributed by atoms with Crippen LogP contribution in [-0.4, -0.2) is 31.7 Å². The van der Waals surface area contributed by atoms with Crippen LogP contribution in [0.5, 0.6) is 11.5 Å². The van der Waals surface area contributed by atoms with Crippen molar-refractivity contribution < 1.29 is 9.47 Å². The van der Waals surface area contributed by atoms with Gasteiger partial charge in [-0.2, -0.15) is 0 Å². The molecule has 0 aliphatic heterocycles. The van der Waals surface area contributed by atoms with Gasteiger partial charge in [-0.15, -0.1) is 35.3 Å². The number of benzene rings is 1. The monoisotopic (exact) mass is 504 g/mol. The Labute approximate surface area is 182 Å². The first-order valence-electron chi connectivity index (χ1n) is 8.60. The van der Waals surface area contributed by atoms with Crippen molar-refractivity contribution >= 4 is 47.0 Å². The van der Waals surface area contributed by atoms with E-state index in [0.717, 1.165) is 16.4 Å². The fraction of sp³-hybridized carbons (Fsp3) is 0.474. The van der Waals surface area contributed by atoms with Gasteiger partial charge in [-0.25, -0.2) is 4.98 Å². The summed E-state index contributed by atoms with van der Waals surface area (Å²) in [5.41, 5.74) is 1.95. The number of thiazole rings is 1. The first-order chi connectivity index (χ1) is 12.4. The molecule has 0 aliphatic rings. The van der Waals surface area contributed by atoms with Crippen LogP contribution in [0.4, 0.5) is 5.69 Å². The molecule has 2 aromatic rings. The highest BCUT2D eigenvalue weighted by atomic mass is 127. The fourth-order valence-electron chi connectivity index (χ4n) is 2.25. The van der Waals surface area contributed by atoms with Gasteiger partial charge in [-0.05, 0) is 19.1 Å². The van der Waals surface area contributed by atoms with Crippen LogP contribution in [0.1, 0.15) is 38.4 Å². The molecular weight excluding hydrogens is 475 g/mol. The molecule has 2 N–H and O–H groups in total. The van der Waals surface area contributed by atoms with Gasteiger partial charge >= 0.3 is 0 Å². The van der Waals surface area contributed by atoms with Crippen LogP contribution in [-0.2, 0) is 12.0 Å². The third-order valence-electron chi connectivity index (χ3n) is 3.58. The molecular formula is C19H29IN4O2S. The highest BCUT2D eigenvalue weighted by Gasteiger charge is 2.18. The molecule has 1 aromatic heterocycles. The lowest BCUT2D eigenvalue weighted by Crippen LogP contribution is -2.30. The molecule has 6 nitrogen and oxygen atoms in total. The number of anilines is 1. The molecule has 0 saturated heterocycles. The topological polar surface area (TPSA) is 67.8 Å². The summed E-state index contributed by atoms with van der Waals surface area (Å²) in [6.45, 7) is 9.64. The normalized spacial score (nSPS) is 11.6. The predicted molar refractivity (Wildman–Crippen MR) is 124 cm³/mol. The smallest absolute Gasteiger partial charge is 0.195 e. The highest BCUT2D eigenvalue weighted by Crippen LogP contribution is 2.30. The molecule has 150 valence electrons. The van der Waals surface area contributed by atoms with E-state index >= 15 is 0 Å². The Hall–Kier alpha value is -1.55. The Bertz CT molecular complexity index is 756. The molecule has 1 aromatic carbocycles. The second-order valence-electron chi connectivity index (χ2n) is 6.74. The van der Waals surface area contributed by atoms with Gasteiger partial charge in [0, 0.05) is 29.6 Å². The summed E-state index contributed by atoms with van der Waals surface area (Å²) in [6, 6.07) is 5.70. The minimum Gasteiger partial charge on any atom is -0.493 e. The lowest BCUT2D eigenvalue weighted by molar-refractivity contribution is 0.311. The number of nitrogens with one attached hydrogen (secondary N) is 2. The Morgan fingerprint density at radius 2 is 2.00 bits per heavy atom. The highest BCUT2D eigenvalue weighted by molar-refractivity contribution is 14.0. The SMILES string of the molecule is CCOc1cc(NC(=NC)NCc2csc(C(C)(C)C)n2)ccc1OC.I. The second-order valence-corrected chi connectivity index (χ2v) is 7.60. The average Bonchev–Trinajstić information content (AvgIpc) is 3.08. The molecule has 0 saturated carbocycles. The molecule has 0 amide bonds. The largest absolute Gasteiger partial charge is 0.493 e. The molecule has 0 fully saturated rings. The van der Waals surface area contributed by atoms with Crippen LogP contribution >= 0.6 is 35.3 Å². The zero-order valence-electron chi connectivity index (χ0n) is 16.8. The number of guanidine groups is 1. The van der Waals surface area contributed by atoms with Gasteiger partial charge in [0.2, 0.25) is 0 Å². The summed E-state index contributed by atoms with van der Waals surface area (Å²) in [4.78, 5) is 8.96. The minimum absolute atomic E-state index is 0. The quantitative estimate of drug-likeness (QED) is 0.341. The summed E-state index contributed by atoms with van der Waals surface area (Å²) >= 11 is 1.69. The number of rotatable bonds is 6. The maximum atomic E-state index is 5.61. The van der Waals surface area contributed by atoms with Crippen LogP contribution in [0.15, 0.2) is 28.6 Å². The maximum absolute atomic E-state index is 5.61. The number of halogens is 1. The molecule has 0 aliphatic carbocycles. The molecule has 8 heteroatoms. The van der Waals surface area contributed by atoms with Crippen molar-refractivity contribution in [2.75, 3.05) is 26.1 Å². The molecule has 2 rings (SSSR count). The van der Waals surface area contributed by atoms with Crippen molar-refractivity contribution in [1.29, 1.82) is 0 Å². The van der Waals surface area contributed by atoms with Crippen molar-refractivity contribution in [3.63, 3.8) is 0 Å². The van der Waals surface area contributed by atoms with Gasteiger partial charge in [0.05, 0.1) is 31.0 Å². The van der Waals surface area contributed by atoms with Gasteiger partial charge in [0.15, 0.2) is 17.5 Å². The van der Waals surface area contributed by atoms with Crippen LogP contribution in [0.2, 0.25) is 0 Å². The van der Waals surface area contributed by atoms with Gasteiger partial charge in [0.25, 0.3) is 0 Å². The van der Waals surface area contributed by atoms with Crippen molar-refractivity contribution in [1.82, 2.24) is 10.3 Å². The number of aromatic nitrogens is 1. The summed E-state index contributed by atoms with van der Waals surface area (Å²) in [5.74, 6) is 2.07. The Balaban J connectivity index is 0.00000364. The predicted octanol–water partition coefficient (Wildman–Crippen LogP) is 4.65. The van der Waals surface area contributed by atoms with E-state index in [1.54, 1.807) is 25.5 Å². The third kappa shape index (κ3) is 6.84. The number of methoxy groups -OCH3 is 1. The van der Waals surface area contributed by atoms with E-state index in [2.05, 4.69) is 41.8 Å². The molecule has 0 atom stereocenters. The zero-order valence-corrected chi connectivity index (χ0v) is 19.9. The second kappa shape index (κ2) is 10.7. The average molecular weight is 504 g/mol. The van der Waals surface area contributed by atoms with E-state index in [-0.39, 0.29) is 29.4 Å². The van der Waals surface area contributed by atoms with E-state index in [9.17, 15) is 0 Å². The van der Waals surface area contributed by atoms with Gasteiger partial charge in [-0.1, -0.05) is 20.8 Å². The van der Waals surface area contributed by atoms with Gasteiger partial charge in [-0.3, -0.25) is 4.99 Å². The van der Waals surface area contributed by atoms with E-state index in [1.165, 1.54) is 0 Å². The number of aliphatic imine (C=N–C) groups is 1. The van der Waals surface area contributed by atoms with Crippen LogP contribution in [0.25, 0.3) is 0 Å². The number of hydrogen-bond acceptors (Lipinski definition) is 5. The Kier molecular flexibility index (Phi) is 9.31. The lowest BCUT2D eigenvalue weighted by atomic mass is 9.98. The van der Waals surface area contributed by atoms with E-state index in [1.807, 2.05) is 25.1 Å². The Morgan fingerprint density at radius 1 is 1.26 bits per heavy atom. The van der Waals surface area contributed by atoms with Crippen molar-refractivity contribution in [3.05, 3.63) is 34.3 Å². The Morgan fingerprint density at radius 3 is 2.56 bits per heavy atom. The fourth-order valence-corrected chi connectivity index (χ4v) is 3.15. The first-order valence-corrected chi connectivity index (χ1v) is 9.48. The maximum Gasteiger partial charge on any atom is 0.195 e. The van der Waals surface area contributed by atoms with Crippen molar-refractivity contribution in [2.24, 2.45) is 4.99 Å². The van der Waals surface area contributed by atoms with Gasteiger partial charge in [0.1, 0.15) is 0 Å². The third-order valence-corrected chi connectivity index (χ3v) is 4.90. The summed E-state index contributed by atoms with van der Waals surface area (Å²) < 4.78 is 10.9.